The van der Waals surface area contributed by atoms with E-state index >= 15 is 0 Å². The van der Waals surface area contributed by atoms with Crippen LogP contribution in [0.3, 0.4) is 0 Å². The lowest BCUT2D eigenvalue weighted by molar-refractivity contribution is 0.645. The summed E-state index contributed by atoms with van der Waals surface area (Å²) in [4.78, 5) is 4.08. The second-order valence-corrected chi connectivity index (χ2v) is 3.93. The average molecular weight is 218 g/mol. The molecule has 0 bridgehead atoms. The van der Waals surface area contributed by atoms with Gasteiger partial charge >= 0.3 is 0 Å². The molecule has 0 aliphatic carbocycles. The number of rotatable bonds is 3. The van der Waals surface area contributed by atoms with Crippen molar-refractivity contribution in [2.75, 3.05) is 5.75 Å². The number of hydrogen-bond donors (Lipinski definition) is 1. The van der Waals surface area contributed by atoms with E-state index in [1.165, 1.54) is 11.1 Å². The topological polar surface area (TPSA) is 17.8 Å². The fraction of sp³-hybridized carbons (Fsp3) is 0.250. The van der Waals surface area contributed by atoms with E-state index in [1.807, 2.05) is 12.5 Å². The summed E-state index contributed by atoms with van der Waals surface area (Å²) in [6.45, 7) is 2.13. The summed E-state index contributed by atoms with van der Waals surface area (Å²) in [5.74, 6) is 0.779. The molecule has 15 heavy (non-hydrogen) atoms. The van der Waals surface area contributed by atoms with E-state index in [0.29, 0.717) is 0 Å². The molecule has 2 rings (SSSR count). The quantitative estimate of drug-likeness (QED) is 0.784. The van der Waals surface area contributed by atoms with Crippen LogP contribution in [0.1, 0.15) is 17.2 Å². The maximum Gasteiger partial charge on any atom is 0.0951 e. The van der Waals surface area contributed by atoms with Gasteiger partial charge in [-0.15, -0.1) is 0 Å². The number of aryl methyl sites for hydroxylation is 1. The summed E-state index contributed by atoms with van der Waals surface area (Å²) >= 11 is 4.41. The zero-order valence-corrected chi connectivity index (χ0v) is 9.56. The Morgan fingerprint density at radius 2 is 2.20 bits per heavy atom. The van der Waals surface area contributed by atoms with Gasteiger partial charge in [-0.05, 0) is 18.1 Å². The Balaban J connectivity index is 2.40. The minimum atomic E-state index is 0.275. The predicted octanol–water partition coefficient (Wildman–Crippen LogP) is 2.71. The number of thiol groups is 1. The lowest BCUT2D eigenvalue weighted by atomic mass is 10.0. The van der Waals surface area contributed by atoms with Gasteiger partial charge in [0.15, 0.2) is 0 Å². The summed E-state index contributed by atoms with van der Waals surface area (Å²) < 4.78 is 2.09. The first-order valence-corrected chi connectivity index (χ1v) is 5.60. The van der Waals surface area contributed by atoms with Gasteiger partial charge in [0.2, 0.25) is 0 Å². The average Bonchev–Trinajstić information content (AvgIpc) is 2.75. The summed E-state index contributed by atoms with van der Waals surface area (Å²) in [5, 5.41) is 0. The fourth-order valence-electron chi connectivity index (χ4n) is 1.77. The fourth-order valence-corrected chi connectivity index (χ4v) is 2.15. The van der Waals surface area contributed by atoms with Crippen LogP contribution in [0, 0.1) is 6.92 Å². The van der Waals surface area contributed by atoms with Crippen LogP contribution in [0.15, 0.2) is 43.0 Å². The van der Waals surface area contributed by atoms with Crippen molar-refractivity contribution in [3.05, 3.63) is 54.1 Å². The third kappa shape index (κ3) is 2.07. The zero-order chi connectivity index (χ0) is 10.7. The van der Waals surface area contributed by atoms with Gasteiger partial charge in [-0.1, -0.05) is 24.3 Å². The van der Waals surface area contributed by atoms with Crippen LogP contribution >= 0.6 is 12.6 Å². The minimum absolute atomic E-state index is 0.275. The molecule has 0 saturated heterocycles. The molecule has 78 valence electrons. The van der Waals surface area contributed by atoms with E-state index in [1.54, 1.807) is 6.20 Å². The van der Waals surface area contributed by atoms with Crippen molar-refractivity contribution in [2.24, 2.45) is 0 Å². The number of hydrogen-bond acceptors (Lipinski definition) is 2. The first-order valence-electron chi connectivity index (χ1n) is 4.96. The molecule has 0 N–H and O–H groups in total. The molecular formula is C12H14N2S. The van der Waals surface area contributed by atoms with E-state index in [2.05, 4.69) is 53.4 Å². The lowest BCUT2D eigenvalue weighted by Gasteiger charge is -2.18. The molecule has 0 aliphatic heterocycles. The highest BCUT2D eigenvalue weighted by atomic mass is 32.1. The Morgan fingerprint density at radius 3 is 2.80 bits per heavy atom. The van der Waals surface area contributed by atoms with Gasteiger partial charge in [0.25, 0.3) is 0 Å². The van der Waals surface area contributed by atoms with Crippen molar-refractivity contribution in [1.82, 2.24) is 9.55 Å². The van der Waals surface area contributed by atoms with Crippen molar-refractivity contribution in [2.45, 2.75) is 13.0 Å². The molecule has 0 aliphatic rings. The summed E-state index contributed by atoms with van der Waals surface area (Å²) in [5.41, 5.74) is 2.61. The second kappa shape index (κ2) is 4.53. The normalized spacial score (nSPS) is 12.7. The highest BCUT2D eigenvalue weighted by Gasteiger charge is 2.12. The predicted molar refractivity (Wildman–Crippen MR) is 65.4 cm³/mol. The standard InChI is InChI=1S/C12H14N2S/c1-10-4-2-3-5-11(10)12(8-15)14-7-6-13-9-14/h2-7,9,12,15H,8H2,1H3. The van der Waals surface area contributed by atoms with Crippen molar-refractivity contribution in [3.8, 4) is 0 Å². The van der Waals surface area contributed by atoms with Gasteiger partial charge in [-0.2, -0.15) is 12.6 Å². The van der Waals surface area contributed by atoms with E-state index in [-0.39, 0.29) is 6.04 Å². The van der Waals surface area contributed by atoms with Crippen molar-refractivity contribution in [3.63, 3.8) is 0 Å². The molecule has 1 aromatic carbocycles. The molecule has 1 unspecified atom stereocenters. The van der Waals surface area contributed by atoms with E-state index in [0.717, 1.165) is 5.75 Å². The van der Waals surface area contributed by atoms with Gasteiger partial charge in [-0.25, -0.2) is 4.98 Å². The number of imidazole rings is 1. The molecule has 0 radical (unpaired) electrons. The smallest absolute Gasteiger partial charge is 0.0951 e. The molecular weight excluding hydrogens is 204 g/mol. The molecule has 0 fully saturated rings. The van der Waals surface area contributed by atoms with Crippen LogP contribution < -0.4 is 0 Å². The Labute approximate surface area is 95.4 Å². The van der Waals surface area contributed by atoms with Crippen LogP contribution in [0.2, 0.25) is 0 Å². The number of benzene rings is 1. The van der Waals surface area contributed by atoms with Crippen molar-refractivity contribution < 1.29 is 0 Å². The van der Waals surface area contributed by atoms with Crippen LogP contribution in [-0.2, 0) is 0 Å². The SMILES string of the molecule is Cc1ccccc1C(CS)n1ccnc1. The minimum Gasteiger partial charge on any atom is -0.329 e. The van der Waals surface area contributed by atoms with E-state index in [4.69, 9.17) is 0 Å². The van der Waals surface area contributed by atoms with Crippen LogP contribution in [0.25, 0.3) is 0 Å². The molecule has 0 saturated carbocycles. The third-order valence-corrected chi connectivity index (χ3v) is 2.95. The first kappa shape index (κ1) is 10.3. The van der Waals surface area contributed by atoms with Gasteiger partial charge in [0.05, 0.1) is 12.4 Å². The van der Waals surface area contributed by atoms with Gasteiger partial charge < -0.3 is 4.57 Å². The molecule has 0 amide bonds. The zero-order valence-electron chi connectivity index (χ0n) is 8.67. The Hall–Kier alpha value is -1.22. The van der Waals surface area contributed by atoms with Gasteiger partial charge in [0.1, 0.15) is 0 Å². The van der Waals surface area contributed by atoms with E-state index < -0.39 is 0 Å². The highest BCUT2D eigenvalue weighted by Crippen LogP contribution is 2.22. The molecule has 1 aromatic heterocycles. The van der Waals surface area contributed by atoms with Crippen LogP contribution in [0.5, 0.6) is 0 Å². The first-order chi connectivity index (χ1) is 7.33. The maximum atomic E-state index is 4.41. The largest absolute Gasteiger partial charge is 0.329 e. The Morgan fingerprint density at radius 1 is 1.40 bits per heavy atom. The summed E-state index contributed by atoms with van der Waals surface area (Å²) in [6.07, 6.45) is 5.62. The molecule has 1 heterocycles. The molecule has 0 spiro atoms. The lowest BCUT2D eigenvalue weighted by Crippen LogP contribution is -2.11. The van der Waals surface area contributed by atoms with E-state index in [9.17, 15) is 0 Å². The van der Waals surface area contributed by atoms with Gasteiger partial charge in [-0.3, -0.25) is 0 Å². The molecule has 3 heteroatoms. The van der Waals surface area contributed by atoms with Crippen molar-refractivity contribution in [1.29, 1.82) is 0 Å². The van der Waals surface area contributed by atoms with Crippen molar-refractivity contribution >= 4 is 12.6 Å². The Kier molecular flexibility index (Phi) is 3.11. The number of nitrogens with zero attached hydrogens (tertiary/aromatic N) is 2. The van der Waals surface area contributed by atoms with Crippen LogP contribution in [0.4, 0.5) is 0 Å². The Bertz CT molecular complexity index is 423. The second-order valence-electron chi connectivity index (χ2n) is 3.56. The summed E-state index contributed by atoms with van der Waals surface area (Å²) in [6, 6.07) is 8.67. The monoisotopic (exact) mass is 218 g/mol. The third-order valence-electron chi connectivity index (χ3n) is 2.61. The summed E-state index contributed by atoms with van der Waals surface area (Å²) in [7, 11) is 0. The molecule has 2 aromatic rings. The van der Waals surface area contributed by atoms with Crippen LogP contribution in [-0.4, -0.2) is 15.3 Å². The van der Waals surface area contributed by atoms with Gasteiger partial charge in [0, 0.05) is 18.1 Å². The highest BCUT2D eigenvalue weighted by molar-refractivity contribution is 7.80. The molecule has 1 atom stereocenters. The molecule has 2 nitrogen and oxygen atoms in total. The number of aromatic nitrogens is 2. The maximum absolute atomic E-state index is 4.41.